The lowest BCUT2D eigenvalue weighted by Gasteiger charge is -2.33. The van der Waals surface area contributed by atoms with E-state index >= 15 is 0 Å². The Hall–Kier alpha value is -0.0800. The van der Waals surface area contributed by atoms with Crippen molar-refractivity contribution < 1.29 is 0 Å². The lowest BCUT2D eigenvalue weighted by Crippen LogP contribution is -2.42. The smallest absolute Gasteiger partial charge is 0.0221 e. The minimum Gasteiger partial charge on any atom is -0.315 e. The largest absolute Gasteiger partial charge is 0.315 e. The molecule has 1 aliphatic carbocycles. The zero-order valence-electron chi connectivity index (χ0n) is 11.0. The van der Waals surface area contributed by atoms with E-state index in [9.17, 15) is 0 Å². The van der Waals surface area contributed by atoms with Gasteiger partial charge in [-0.25, -0.2) is 0 Å². The molecule has 1 heterocycles. The number of nitrogens with one attached hydrogen (secondary N) is 1. The first-order valence-corrected chi connectivity index (χ1v) is 7.20. The maximum atomic E-state index is 3.62. The number of likely N-dealkylation sites (tertiary alicyclic amines) is 1. The predicted octanol–water partition coefficient (Wildman–Crippen LogP) is 2.50. The van der Waals surface area contributed by atoms with Gasteiger partial charge in [0.1, 0.15) is 0 Å². The summed E-state index contributed by atoms with van der Waals surface area (Å²) in [5.41, 5.74) is 0. The van der Waals surface area contributed by atoms with Crippen molar-refractivity contribution >= 4 is 0 Å². The summed E-state index contributed by atoms with van der Waals surface area (Å²) >= 11 is 0. The third-order valence-corrected chi connectivity index (χ3v) is 4.15. The monoisotopic (exact) mass is 224 g/mol. The summed E-state index contributed by atoms with van der Waals surface area (Å²) in [4.78, 5) is 2.75. The second-order valence-electron chi connectivity index (χ2n) is 6.14. The van der Waals surface area contributed by atoms with Crippen LogP contribution in [0.4, 0.5) is 0 Å². The first-order chi connectivity index (χ1) is 7.75. The van der Waals surface area contributed by atoms with Gasteiger partial charge in [-0.05, 0) is 50.6 Å². The van der Waals surface area contributed by atoms with Crippen LogP contribution in [0, 0.1) is 11.8 Å². The normalized spacial score (nSPS) is 27.6. The molecule has 16 heavy (non-hydrogen) atoms. The maximum Gasteiger partial charge on any atom is 0.0221 e. The van der Waals surface area contributed by atoms with Crippen LogP contribution in [0.2, 0.25) is 0 Å². The molecule has 0 bridgehead atoms. The lowest BCUT2D eigenvalue weighted by atomic mass is 9.85. The molecule has 2 nitrogen and oxygen atoms in total. The minimum atomic E-state index is 0.779. The topological polar surface area (TPSA) is 15.3 Å². The van der Waals surface area contributed by atoms with E-state index in [2.05, 4.69) is 24.1 Å². The fraction of sp³-hybridized carbons (Fsp3) is 1.00. The molecule has 0 radical (unpaired) electrons. The average Bonchev–Trinajstić information content (AvgIpc) is 2.59. The van der Waals surface area contributed by atoms with Crippen molar-refractivity contribution in [2.24, 2.45) is 11.8 Å². The third-order valence-electron chi connectivity index (χ3n) is 4.15. The van der Waals surface area contributed by atoms with Crippen molar-refractivity contribution in [1.82, 2.24) is 10.2 Å². The molecule has 2 fully saturated rings. The molecule has 0 amide bonds. The predicted molar refractivity (Wildman–Crippen MR) is 69.6 cm³/mol. The molecule has 94 valence electrons. The molecule has 0 aromatic carbocycles. The zero-order valence-corrected chi connectivity index (χ0v) is 11.0. The second-order valence-corrected chi connectivity index (χ2v) is 6.14. The molecule has 0 aromatic rings. The Labute approximate surface area is 101 Å². The summed E-state index contributed by atoms with van der Waals surface area (Å²) < 4.78 is 0. The summed E-state index contributed by atoms with van der Waals surface area (Å²) in [7, 11) is 0. The molecule has 0 aromatic heterocycles. The Balaban J connectivity index is 1.66. The molecule has 1 unspecified atom stereocenters. The van der Waals surface area contributed by atoms with Crippen LogP contribution in [0.5, 0.6) is 0 Å². The molecule has 1 saturated carbocycles. The van der Waals surface area contributed by atoms with Crippen LogP contribution in [-0.2, 0) is 0 Å². The van der Waals surface area contributed by atoms with E-state index in [4.69, 9.17) is 0 Å². The van der Waals surface area contributed by atoms with E-state index in [0.29, 0.717) is 0 Å². The molecule has 1 saturated heterocycles. The van der Waals surface area contributed by atoms with E-state index in [1.807, 2.05) is 0 Å². The van der Waals surface area contributed by atoms with Crippen molar-refractivity contribution in [3.8, 4) is 0 Å². The van der Waals surface area contributed by atoms with Crippen molar-refractivity contribution in [2.45, 2.75) is 52.0 Å². The molecule has 1 aliphatic heterocycles. The summed E-state index contributed by atoms with van der Waals surface area (Å²) in [5.74, 6) is 1.81. The van der Waals surface area contributed by atoms with Crippen molar-refractivity contribution in [1.29, 1.82) is 0 Å². The first-order valence-electron chi connectivity index (χ1n) is 7.20. The molecule has 0 spiro atoms. The standard InChI is InChI=1S/C14H28N2/c1-12(2)9-15-10-14-7-4-8-16(14)11-13-5-3-6-13/h12-15H,3-11H2,1-2H3. The molecule has 2 heteroatoms. The summed E-state index contributed by atoms with van der Waals surface area (Å²) in [6.07, 6.45) is 7.29. The Kier molecular flexibility index (Phi) is 4.66. The van der Waals surface area contributed by atoms with Crippen LogP contribution in [0.1, 0.15) is 46.0 Å². The van der Waals surface area contributed by atoms with E-state index < -0.39 is 0 Å². The van der Waals surface area contributed by atoms with E-state index in [-0.39, 0.29) is 0 Å². The Morgan fingerprint density at radius 1 is 1.19 bits per heavy atom. The van der Waals surface area contributed by atoms with Crippen molar-refractivity contribution in [3.05, 3.63) is 0 Å². The van der Waals surface area contributed by atoms with Gasteiger partial charge in [0.05, 0.1) is 0 Å². The van der Waals surface area contributed by atoms with Gasteiger partial charge in [0.2, 0.25) is 0 Å². The second kappa shape index (κ2) is 6.02. The van der Waals surface area contributed by atoms with Crippen LogP contribution >= 0.6 is 0 Å². The highest BCUT2D eigenvalue weighted by atomic mass is 15.2. The maximum absolute atomic E-state index is 3.62. The van der Waals surface area contributed by atoms with Crippen molar-refractivity contribution in [2.75, 3.05) is 26.2 Å². The SMILES string of the molecule is CC(C)CNCC1CCCN1CC1CCC1. The minimum absolute atomic E-state index is 0.779. The highest BCUT2D eigenvalue weighted by molar-refractivity contribution is 4.84. The van der Waals surface area contributed by atoms with Gasteiger partial charge >= 0.3 is 0 Å². The fourth-order valence-corrected chi connectivity index (χ4v) is 2.91. The van der Waals surface area contributed by atoms with Crippen molar-refractivity contribution in [3.63, 3.8) is 0 Å². The molecular weight excluding hydrogens is 196 g/mol. The number of hydrogen-bond acceptors (Lipinski definition) is 2. The van der Waals surface area contributed by atoms with Gasteiger partial charge in [-0.3, -0.25) is 4.90 Å². The Morgan fingerprint density at radius 2 is 2.00 bits per heavy atom. The Bertz CT molecular complexity index is 199. The van der Waals surface area contributed by atoms with E-state index in [1.165, 1.54) is 58.3 Å². The summed E-state index contributed by atoms with van der Waals surface area (Å²) in [6.45, 7) is 9.69. The van der Waals surface area contributed by atoms with Crippen LogP contribution in [0.15, 0.2) is 0 Å². The van der Waals surface area contributed by atoms with Crippen LogP contribution in [0.3, 0.4) is 0 Å². The van der Waals surface area contributed by atoms with Gasteiger partial charge in [-0.1, -0.05) is 20.3 Å². The number of hydrogen-bond donors (Lipinski definition) is 1. The molecule has 2 aliphatic rings. The van der Waals surface area contributed by atoms with Gasteiger partial charge in [0, 0.05) is 19.1 Å². The number of nitrogens with zero attached hydrogens (tertiary/aromatic N) is 1. The average molecular weight is 224 g/mol. The van der Waals surface area contributed by atoms with E-state index in [0.717, 1.165) is 17.9 Å². The fourth-order valence-electron chi connectivity index (χ4n) is 2.91. The quantitative estimate of drug-likeness (QED) is 0.746. The van der Waals surface area contributed by atoms with Gasteiger partial charge in [-0.15, -0.1) is 0 Å². The highest BCUT2D eigenvalue weighted by Gasteiger charge is 2.28. The zero-order chi connectivity index (χ0) is 11.4. The van der Waals surface area contributed by atoms with Gasteiger partial charge in [-0.2, -0.15) is 0 Å². The van der Waals surface area contributed by atoms with Gasteiger partial charge in [0.15, 0.2) is 0 Å². The molecule has 1 atom stereocenters. The van der Waals surface area contributed by atoms with Gasteiger partial charge in [0.25, 0.3) is 0 Å². The summed E-state index contributed by atoms with van der Waals surface area (Å²) in [6, 6.07) is 0.833. The number of rotatable bonds is 6. The highest BCUT2D eigenvalue weighted by Crippen LogP contribution is 2.29. The molecule has 1 N–H and O–H groups in total. The first kappa shape index (κ1) is 12.4. The Morgan fingerprint density at radius 3 is 2.62 bits per heavy atom. The van der Waals surface area contributed by atoms with Crippen LogP contribution in [0.25, 0.3) is 0 Å². The van der Waals surface area contributed by atoms with Crippen LogP contribution < -0.4 is 5.32 Å². The van der Waals surface area contributed by atoms with Crippen LogP contribution in [-0.4, -0.2) is 37.1 Å². The third kappa shape index (κ3) is 3.46. The lowest BCUT2D eigenvalue weighted by molar-refractivity contribution is 0.164. The summed E-state index contributed by atoms with van der Waals surface area (Å²) in [5, 5.41) is 3.62. The van der Waals surface area contributed by atoms with E-state index in [1.54, 1.807) is 0 Å². The van der Waals surface area contributed by atoms with Gasteiger partial charge < -0.3 is 5.32 Å². The molecule has 2 rings (SSSR count). The molecular formula is C14H28N2.